The van der Waals surface area contributed by atoms with E-state index in [1.807, 2.05) is 0 Å². The van der Waals surface area contributed by atoms with E-state index in [1.165, 1.54) is 0 Å². The van der Waals surface area contributed by atoms with Crippen molar-refractivity contribution in [1.29, 1.82) is 0 Å². The highest BCUT2D eigenvalue weighted by molar-refractivity contribution is 9.10. The summed E-state index contributed by atoms with van der Waals surface area (Å²) < 4.78 is 0. The molecule has 1 nitrogen and oxygen atoms in total. The van der Waals surface area contributed by atoms with Gasteiger partial charge in [0.2, 0.25) is 0 Å². The lowest BCUT2D eigenvalue weighted by atomic mass is 10.3. The molecule has 1 atom stereocenters. The van der Waals surface area contributed by atoms with Crippen molar-refractivity contribution in [2.24, 2.45) is 0 Å². The zero-order valence-electron chi connectivity index (χ0n) is 4.20. The van der Waals surface area contributed by atoms with Gasteiger partial charge in [0.25, 0.3) is 0 Å². The molecule has 0 saturated heterocycles. The Balaban J connectivity index is 3.65. The highest BCUT2D eigenvalue weighted by atomic mass is 79.9. The summed E-state index contributed by atoms with van der Waals surface area (Å²) in [6, 6.07) is 0. The zero-order chi connectivity index (χ0) is 6.73. The first kappa shape index (κ1) is 8.73. The predicted octanol–water partition coefficient (Wildman–Crippen LogP) is 2.14. The third kappa shape index (κ3) is 2.90. The molecule has 0 aromatic rings. The number of alkyl halides is 3. The molecule has 0 aromatic carbocycles. The van der Waals surface area contributed by atoms with Crippen molar-refractivity contribution >= 4 is 44.9 Å². The monoisotopic (exact) mass is 218 g/mol. The lowest BCUT2D eigenvalue weighted by molar-refractivity contribution is -0.116. The second kappa shape index (κ2) is 3.70. The van der Waals surface area contributed by atoms with E-state index in [9.17, 15) is 4.79 Å². The summed E-state index contributed by atoms with van der Waals surface area (Å²) in [5.41, 5.74) is 0. The van der Waals surface area contributed by atoms with Crippen LogP contribution >= 0.6 is 39.1 Å². The van der Waals surface area contributed by atoms with E-state index in [0.29, 0.717) is 0 Å². The quantitative estimate of drug-likeness (QED) is 0.651. The Bertz CT molecular complexity index is 82.0. The molecule has 0 fully saturated rings. The topological polar surface area (TPSA) is 17.1 Å². The van der Waals surface area contributed by atoms with E-state index in [4.69, 9.17) is 23.2 Å². The smallest absolute Gasteiger partial charge is 0.178 e. The molecular formula is C4H5BrCl2O. The first-order valence-corrected chi connectivity index (χ1v) is 3.80. The van der Waals surface area contributed by atoms with Crippen LogP contribution in [0.5, 0.6) is 0 Å². The van der Waals surface area contributed by atoms with Crippen LogP contribution in [0.25, 0.3) is 0 Å². The summed E-state index contributed by atoms with van der Waals surface area (Å²) in [4.78, 5) is 9.39. The fourth-order valence-electron chi connectivity index (χ4n) is 0.174. The third-order valence-corrected chi connectivity index (χ3v) is 1.49. The molecule has 0 amide bonds. The molecule has 4 heteroatoms. The number of rotatable bonds is 2. The molecule has 0 aliphatic heterocycles. The van der Waals surface area contributed by atoms with Crippen LogP contribution in [-0.2, 0) is 4.79 Å². The van der Waals surface area contributed by atoms with Gasteiger partial charge in [0.15, 0.2) is 10.6 Å². The molecule has 0 aliphatic rings. The van der Waals surface area contributed by atoms with Gasteiger partial charge >= 0.3 is 0 Å². The van der Waals surface area contributed by atoms with Crippen molar-refractivity contribution < 1.29 is 4.79 Å². The largest absolute Gasteiger partial charge is 0.295 e. The Hall–Kier alpha value is 0.730. The van der Waals surface area contributed by atoms with Crippen LogP contribution in [0.4, 0.5) is 0 Å². The minimum absolute atomic E-state index is 0.201. The van der Waals surface area contributed by atoms with Crippen molar-refractivity contribution in [2.45, 2.75) is 16.6 Å². The van der Waals surface area contributed by atoms with Crippen molar-refractivity contribution in [2.75, 3.05) is 0 Å². The Labute approximate surface area is 66.5 Å². The molecule has 0 aliphatic carbocycles. The van der Waals surface area contributed by atoms with Crippen LogP contribution in [0.2, 0.25) is 0 Å². The summed E-state index contributed by atoms with van der Waals surface area (Å²) in [6.45, 7) is 1.68. The summed E-state index contributed by atoms with van der Waals surface area (Å²) >= 11 is 13.4. The van der Waals surface area contributed by atoms with Gasteiger partial charge in [-0.15, -0.1) is 0 Å². The maximum absolute atomic E-state index is 10.5. The zero-order valence-corrected chi connectivity index (χ0v) is 7.29. The normalized spacial score (nSPS) is 14.1. The minimum atomic E-state index is -0.899. The van der Waals surface area contributed by atoms with E-state index >= 15 is 0 Å². The van der Waals surface area contributed by atoms with E-state index in [2.05, 4.69) is 15.9 Å². The maximum atomic E-state index is 10.5. The number of ketones is 1. The van der Waals surface area contributed by atoms with Gasteiger partial charge in [-0.1, -0.05) is 39.1 Å². The van der Waals surface area contributed by atoms with Crippen molar-refractivity contribution in [3.05, 3.63) is 0 Å². The molecule has 0 spiro atoms. The molecule has 0 aromatic heterocycles. The van der Waals surface area contributed by atoms with Gasteiger partial charge < -0.3 is 0 Å². The Morgan fingerprint density at radius 1 is 1.62 bits per heavy atom. The summed E-state index contributed by atoms with van der Waals surface area (Å²) in [5.74, 6) is -0.201. The number of halogens is 3. The standard InChI is InChI=1S/C4H5BrCl2O/c1-2(5)3(8)4(6)7/h2,4H,1H3. The molecule has 0 N–H and O–H groups in total. The molecule has 0 rings (SSSR count). The first-order chi connectivity index (χ1) is 3.55. The lowest BCUT2D eigenvalue weighted by Gasteiger charge is -1.99. The van der Waals surface area contributed by atoms with Gasteiger partial charge in [0, 0.05) is 0 Å². The van der Waals surface area contributed by atoms with E-state index in [0.717, 1.165) is 0 Å². The van der Waals surface area contributed by atoms with E-state index < -0.39 is 4.84 Å². The summed E-state index contributed by atoms with van der Waals surface area (Å²) in [6.07, 6.45) is 0. The van der Waals surface area contributed by atoms with Crippen LogP contribution in [0, 0.1) is 0 Å². The molecular weight excluding hydrogens is 215 g/mol. The van der Waals surface area contributed by atoms with Gasteiger partial charge in [0.05, 0.1) is 4.83 Å². The number of hydrogen-bond acceptors (Lipinski definition) is 1. The highest BCUT2D eigenvalue weighted by Gasteiger charge is 2.15. The van der Waals surface area contributed by atoms with Crippen molar-refractivity contribution in [3.8, 4) is 0 Å². The molecule has 1 unspecified atom stereocenters. The number of carbonyl (C=O) groups excluding carboxylic acids is 1. The Morgan fingerprint density at radius 3 is 2.00 bits per heavy atom. The van der Waals surface area contributed by atoms with Gasteiger partial charge in [0.1, 0.15) is 0 Å². The van der Waals surface area contributed by atoms with Crippen LogP contribution in [0.1, 0.15) is 6.92 Å². The average molecular weight is 220 g/mol. The van der Waals surface area contributed by atoms with Crippen molar-refractivity contribution in [3.63, 3.8) is 0 Å². The predicted molar refractivity (Wildman–Crippen MR) is 38.9 cm³/mol. The SMILES string of the molecule is CC(Br)C(=O)C(Cl)Cl. The fraction of sp³-hybridized carbons (Fsp3) is 0.750. The number of carbonyl (C=O) groups is 1. The van der Waals surface area contributed by atoms with Gasteiger partial charge in [-0.3, -0.25) is 4.79 Å². The van der Waals surface area contributed by atoms with Gasteiger partial charge in [-0.05, 0) is 6.92 Å². The van der Waals surface area contributed by atoms with Gasteiger partial charge in [-0.2, -0.15) is 0 Å². The third-order valence-electron chi connectivity index (χ3n) is 0.607. The molecule has 0 saturated carbocycles. The van der Waals surface area contributed by atoms with Crippen LogP contribution in [-0.4, -0.2) is 15.4 Å². The van der Waals surface area contributed by atoms with Crippen LogP contribution in [0.3, 0.4) is 0 Å². The summed E-state index contributed by atoms with van der Waals surface area (Å²) in [5, 5.41) is 0. The van der Waals surface area contributed by atoms with Crippen LogP contribution in [0.15, 0.2) is 0 Å². The Morgan fingerprint density at radius 2 is 2.00 bits per heavy atom. The second-order valence-electron chi connectivity index (χ2n) is 1.32. The van der Waals surface area contributed by atoms with Gasteiger partial charge in [-0.25, -0.2) is 0 Å². The first-order valence-electron chi connectivity index (χ1n) is 2.01. The highest BCUT2D eigenvalue weighted by Crippen LogP contribution is 2.10. The van der Waals surface area contributed by atoms with E-state index in [1.54, 1.807) is 6.92 Å². The molecule has 48 valence electrons. The molecule has 0 heterocycles. The second-order valence-corrected chi connectivity index (χ2v) is 3.79. The number of hydrogen-bond donors (Lipinski definition) is 0. The molecule has 0 radical (unpaired) electrons. The van der Waals surface area contributed by atoms with Crippen LogP contribution < -0.4 is 0 Å². The summed E-state index contributed by atoms with van der Waals surface area (Å²) in [7, 11) is 0. The lowest BCUT2D eigenvalue weighted by Crippen LogP contribution is -2.16. The average Bonchev–Trinajstić information content (AvgIpc) is 1.64. The fourth-order valence-corrected chi connectivity index (χ4v) is 1.12. The van der Waals surface area contributed by atoms with E-state index in [-0.39, 0.29) is 10.6 Å². The number of Topliss-reactive ketones (excluding diaryl/α,β-unsaturated/α-hetero) is 1. The molecule has 8 heavy (non-hydrogen) atoms. The molecule has 0 bridgehead atoms. The maximum Gasteiger partial charge on any atom is 0.178 e. The minimum Gasteiger partial charge on any atom is -0.295 e. The van der Waals surface area contributed by atoms with Crippen molar-refractivity contribution in [1.82, 2.24) is 0 Å². The Kier molecular flexibility index (Phi) is 4.04.